The van der Waals surface area contributed by atoms with Gasteiger partial charge in [-0.15, -0.1) is 0 Å². The van der Waals surface area contributed by atoms with E-state index in [9.17, 15) is 4.79 Å². The van der Waals surface area contributed by atoms with Gasteiger partial charge >= 0.3 is 0 Å². The first-order chi connectivity index (χ1) is 9.37. The zero-order valence-electron chi connectivity index (χ0n) is 12.2. The molecule has 1 fully saturated rings. The molecule has 0 atom stereocenters. The smallest absolute Gasteiger partial charge is 0.227 e. The normalized spacial score (nSPS) is 17.8. The lowest BCUT2D eigenvalue weighted by Gasteiger charge is -2.38. The van der Waals surface area contributed by atoms with Crippen molar-refractivity contribution in [1.82, 2.24) is 4.90 Å². The number of nitrogens with zero attached hydrogens (tertiary/aromatic N) is 1. The first-order valence-electron chi connectivity index (χ1n) is 7.04. The molecular formula is C16H22N2OS. The summed E-state index contributed by atoms with van der Waals surface area (Å²) in [6, 6.07) is 7.62. The van der Waals surface area contributed by atoms with Crippen molar-refractivity contribution in [2.45, 2.75) is 33.1 Å². The molecule has 3 nitrogen and oxygen atoms in total. The van der Waals surface area contributed by atoms with Crippen LogP contribution in [0.5, 0.6) is 0 Å². The Morgan fingerprint density at radius 1 is 1.35 bits per heavy atom. The van der Waals surface area contributed by atoms with Gasteiger partial charge in [0.25, 0.3) is 0 Å². The van der Waals surface area contributed by atoms with Crippen molar-refractivity contribution in [2.75, 3.05) is 13.1 Å². The molecule has 0 aliphatic carbocycles. The summed E-state index contributed by atoms with van der Waals surface area (Å²) in [5.74, 6) is 0.209. The molecule has 0 aromatic heterocycles. The van der Waals surface area contributed by atoms with Crippen LogP contribution in [0.25, 0.3) is 0 Å². The molecule has 1 aromatic carbocycles. The molecule has 1 amide bonds. The number of carbonyl (C=O) groups is 1. The van der Waals surface area contributed by atoms with Gasteiger partial charge in [0.15, 0.2) is 0 Å². The molecule has 1 aromatic rings. The molecule has 0 radical (unpaired) electrons. The minimum Gasteiger partial charge on any atom is -0.389 e. The van der Waals surface area contributed by atoms with E-state index in [4.69, 9.17) is 18.0 Å². The lowest BCUT2D eigenvalue weighted by molar-refractivity contribution is -0.133. The average molecular weight is 290 g/mol. The summed E-state index contributed by atoms with van der Waals surface area (Å²) in [5, 5.41) is 0. The topological polar surface area (TPSA) is 46.3 Å². The van der Waals surface area contributed by atoms with Crippen molar-refractivity contribution in [2.24, 2.45) is 11.1 Å². The quantitative estimate of drug-likeness (QED) is 0.870. The Bertz CT molecular complexity index is 508. The third-order valence-corrected chi connectivity index (χ3v) is 4.08. The number of nitrogens with two attached hydrogens (primary N) is 1. The van der Waals surface area contributed by atoms with Crippen LogP contribution in [0.4, 0.5) is 0 Å². The van der Waals surface area contributed by atoms with Gasteiger partial charge in [0.05, 0.1) is 6.42 Å². The van der Waals surface area contributed by atoms with Crippen molar-refractivity contribution in [3.05, 3.63) is 35.4 Å². The second kappa shape index (κ2) is 5.92. The van der Waals surface area contributed by atoms with Crippen molar-refractivity contribution in [1.29, 1.82) is 0 Å². The number of hydrogen-bond donors (Lipinski definition) is 1. The van der Waals surface area contributed by atoms with Crippen LogP contribution in [0.3, 0.4) is 0 Å². The van der Waals surface area contributed by atoms with E-state index in [1.54, 1.807) is 0 Å². The highest BCUT2D eigenvalue weighted by Crippen LogP contribution is 2.28. The Morgan fingerprint density at radius 3 is 2.55 bits per heavy atom. The number of hydrogen-bond acceptors (Lipinski definition) is 2. The van der Waals surface area contributed by atoms with Crippen molar-refractivity contribution < 1.29 is 4.79 Å². The first kappa shape index (κ1) is 15.0. The summed E-state index contributed by atoms with van der Waals surface area (Å²) in [6.07, 6.45) is 2.74. The predicted octanol–water partition coefficient (Wildman–Crippen LogP) is 2.51. The molecule has 0 bridgehead atoms. The molecular weight excluding hydrogens is 268 g/mol. The highest BCUT2D eigenvalue weighted by atomic mass is 32.1. The van der Waals surface area contributed by atoms with Gasteiger partial charge < -0.3 is 10.6 Å². The third-order valence-electron chi connectivity index (χ3n) is 3.85. The van der Waals surface area contributed by atoms with Crippen molar-refractivity contribution in [3.8, 4) is 0 Å². The Hall–Kier alpha value is -1.42. The summed E-state index contributed by atoms with van der Waals surface area (Å²) < 4.78 is 0. The fraction of sp³-hybridized carbons (Fsp3) is 0.500. The van der Waals surface area contributed by atoms with E-state index in [2.05, 4.69) is 13.8 Å². The second-order valence-corrected chi connectivity index (χ2v) is 6.76. The molecule has 1 heterocycles. The van der Waals surface area contributed by atoms with E-state index in [0.29, 0.717) is 11.4 Å². The third kappa shape index (κ3) is 3.79. The van der Waals surface area contributed by atoms with Crippen molar-refractivity contribution in [3.63, 3.8) is 0 Å². The predicted molar refractivity (Wildman–Crippen MR) is 85.6 cm³/mol. The number of rotatable bonds is 3. The van der Waals surface area contributed by atoms with Gasteiger partial charge in [0.1, 0.15) is 4.99 Å². The maximum Gasteiger partial charge on any atom is 0.227 e. The average Bonchev–Trinajstić information content (AvgIpc) is 2.38. The van der Waals surface area contributed by atoms with E-state index in [0.717, 1.165) is 30.6 Å². The van der Waals surface area contributed by atoms with Crippen LogP contribution in [-0.4, -0.2) is 28.9 Å². The van der Waals surface area contributed by atoms with Crippen LogP contribution >= 0.6 is 12.2 Å². The largest absolute Gasteiger partial charge is 0.389 e. The Morgan fingerprint density at radius 2 is 2.00 bits per heavy atom. The highest BCUT2D eigenvalue weighted by Gasteiger charge is 2.28. The molecule has 0 unspecified atom stereocenters. The molecule has 2 N–H and O–H groups in total. The van der Waals surface area contributed by atoms with Crippen LogP contribution in [0.1, 0.15) is 37.8 Å². The van der Waals surface area contributed by atoms with E-state index in [1.165, 1.54) is 6.42 Å². The molecule has 2 rings (SSSR count). The maximum atomic E-state index is 12.3. The van der Waals surface area contributed by atoms with Gasteiger partial charge in [0, 0.05) is 18.7 Å². The molecule has 0 spiro atoms. The van der Waals surface area contributed by atoms with Crippen LogP contribution < -0.4 is 5.73 Å². The SMILES string of the molecule is CC1(C)CCCN(C(=O)Cc2ccc(C(N)=S)cc2)C1. The molecule has 1 aliphatic heterocycles. The molecule has 20 heavy (non-hydrogen) atoms. The summed E-state index contributed by atoms with van der Waals surface area (Å²) >= 11 is 4.92. The zero-order valence-corrected chi connectivity index (χ0v) is 13.0. The van der Waals surface area contributed by atoms with Crippen LogP contribution in [0.2, 0.25) is 0 Å². The molecule has 1 aliphatic rings. The van der Waals surface area contributed by atoms with Gasteiger partial charge in [-0.25, -0.2) is 0 Å². The summed E-state index contributed by atoms with van der Waals surface area (Å²) in [5.41, 5.74) is 7.66. The monoisotopic (exact) mass is 290 g/mol. The van der Waals surface area contributed by atoms with Gasteiger partial charge in [-0.2, -0.15) is 0 Å². The number of thiocarbonyl (C=S) groups is 1. The van der Waals surface area contributed by atoms with Crippen LogP contribution in [-0.2, 0) is 11.2 Å². The van der Waals surface area contributed by atoms with Gasteiger partial charge in [0.2, 0.25) is 5.91 Å². The number of benzene rings is 1. The Kier molecular flexibility index (Phi) is 4.43. The Labute approximate surface area is 126 Å². The maximum absolute atomic E-state index is 12.3. The minimum absolute atomic E-state index is 0.209. The summed E-state index contributed by atoms with van der Waals surface area (Å²) in [6.45, 7) is 6.19. The van der Waals surface area contributed by atoms with Gasteiger partial charge in [-0.1, -0.05) is 50.3 Å². The summed E-state index contributed by atoms with van der Waals surface area (Å²) in [7, 11) is 0. The zero-order chi connectivity index (χ0) is 14.8. The number of carbonyl (C=O) groups excluding carboxylic acids is 1. The van der Waals surface area contributed by atoms with E-state index >= 15 is 0 Å². The fourth-order valence-electron chi connectivity index (χ4n) is 2.71. The van der Waals surface area contributed by atoms with Gasteiger partial charge in [-0.3, -0.25) is 4.79 Å². The molecule has 4 heteroatoms. The number of piperidine rings is 1. The molecule has 0 saturated carbocycles. The van der Waals surface area contributed by atoms with E-state index < -0.39 is 0 Å². The molecule has 108 valence electrons. The van der Waals surface area contributed by atoms with Gasteiger partial charge in [-0.05, 0) is 23.8 Å². The van der Waals surface area contributed by atoms with E-state index in [1.807, 2.05) is 29.2 Å². The Balaban J connectivity index is 1.99. The second-order valence-electron chi connectivity index (χ2n) is 6.32. The highest BCUT2D eigenvalue weighted by molar-refractivity contribution is 7.80. The summed E-state index contributed by atoms with van der Waals surface area (Å²) in [4.78, 5) is 14.7. The minimum atomic E-state index is 0.209. The fourth-order valence-corrected chi connectivity index (χ4v) is 2.85. The lowest BCUT2D eigenvalue weighted by atomic mass is 9.84. The van der Waals surface area contributed by atoms with E-state index in [-0.39, 0.29) is 11.3 Å². The number of amides is 1. The van der Waals surface area contributed by atoms with Crippen LogP contribution in [0.15, 0.2) is 24.3 Å². The number of likely N-dealkylation sites (tertiary alicyclic amines) is 1. The molecule has 1 saturated heterocycles. The standard InChI is InChI=1S/C16H22N2OS/c1-16(2)8-3-9-18(11-16)14(19)10-12-4-6-13(7-5-12)15(17)20/h4-7H,3,8-11H2,1-2H3,(H2,17,20). The van der Waals surface area contributed by atoms with Crippen molar-refractivity contribution >= 4 is 23.1 Å². The van der Waals surface area contributed by atoms with Crippen LogP contribution in [0, 0.1) is 5.41 Å². The lowest BCUT2D eigenvalue weighted by Crippen LogP contribution is -2.44. The first-order valence-corrected chi connectivity index (χ1v) is 7.45.